The molecule has 1 aliphatic heterocycles. The number of carbonyl (C=O) groups excluding carboxylic acids is 2. The molecule has 0 spiro atoms. The molecule has 0 bridgehead atoms. The number of aliphatic hydroxyl groups excluding tert-OH is 1. The fourth-order valence-corrected chi connectivity index (χ4v) is 6.82. The van der Waals surface area contributed by atoms with Crippen molar-refractivity contribution in [1.29, 1.82) is 0 Å². The number of rotatable bonds is 9. The van der Waals surface area contributed by atoms with Gasteiger partial charge >= 0.3 is 5.97 Å². The van der Waals surface area contributed by atoms with Crippen LogP contribution in [0.4, 0.5) is 4.39 Å². The second kappa shape index (κ2) is 12.5. The zero-order valence-electron chi connectivity index (χ0n) is 22.8. The molecule has 214 valence electrons. The van der Waals surface area contributed by atoms with Gasteiger partial charge in [-0.25, -0.2) is 9.18 Å². The highest BCUT2D eigenvalue weighted by atomic mass is 32.2. The third-order valence-corrected chi connectivity index (χ3v) is 8.88. The molecule has 1 saturated heterocycles. The Bertz CT molecular complexity index is 1270. The van der Waals surface area contributed by atoms with Gasteiger partial charge < -0.3 is 20.4 Å². The van der Waals surface area contributed by atoms with Crippen LogP contribution in [0.3, 0.4) is 0 Å². The van der Waals surface area contributed by atoms with Crippen molar-refractivity contribution in [2.75, 3.05) is 0 Å². The Morgan fingerprint density at radius 1 is 1.15 bits per heavy atom. The van der Waals surface area contributed by atoms with E-state index >= 15 is 0 Å². The summed E-state index contributed by atoms with van der Waals surface area (Å²) < 4.78 is 13.3. The Morgan fingerprint density at radius 3 is 2.52 bits per heavy atom. The van der Waals surface area contributed by atoms with E-state index < -0.39 is 52.0 Å². The Hall–Kier alpha value is -3.21. The van der Waals surface area contributed by atoms with Crippen LogP contribution in [0.15, 0.2) is 60.7 Å². The Kier molecular flexibility index (Phi) is 9.33. The van der Waals surface area contributed by atoms with Crippen molar-refractivity contribution < 1.29 is 29.0 Å². The molecule has 0 aromatic heterocycles. The summed E-state index contributed by atoms with van der Waals surface area (Å²) in [5, 5.41) is 27.8. The number of amides is 2. The Balaban J connectivity index is 1.65. The van der Waals surface area contributed by atoms with E-state index in [0.29, 0.717) is 0 Å². The predicted octanol–water partition coefficient (Wildman–Crippen LogP) is 3.63. The molecular formula is C30H36FN3O5S. The van der Waals surface area contributed by atoms with Gasteiger partial charge in [-0.1, -0.05) is 48.6 Å². The molecule has 4 N–H and O–H groups in total. The second-order valence-electron chi connectivity index (χ2n) is 10.8. The van der Waals surface area contributed by atoms with Crippen LogP contribution in [0.2, 0.25) is 0 Å². The summed E-state index contributed by atoms with van der Waals surface area (Å²) in [7, 11) is 0. The first-order chi connectivity index (χ1) is 19.0. The van der Waals surface area contributed by atoms with Gasteiger partial charge in [0.15, 0.2) is 6.10 Å². The lowest BCUT2D eigenvalue weighted by Crippen LogP contribution is -2.60. The number of carboxylic acid groups (broad SMARTS) is 1. The molecule has 2 amide bonds. The molecule has 2 aliphatic rings. The number of nitrogens with zero attached hydrogens (tertiary/aromatic N) is 1. The fourth-order valence-electron chi connectivity index (χ4n) is 5.32. The SMILES string of the molecule is Cc1c(F)cccc1C(=O)N[C@@H](Cc1ccccc1)[C@H](O)C(=O)N1C(N[C@@H]2C=CCCC2)SC(C)(C)[C@H]1C(=O)O. The van der Waals surface area contributed by atoms with E-state index in [0.717, 1.165) is 24.8 Å². The number of carbonyl (C=O) groups is 3. The molecule has 8 nitrogen and oxygen atoms in total. The maximum absolute atomic E-state index is 14.2. The summed E-state index contributed by atoms with van der Waals surface area (Å²) in [6.07, 6.45) is 5.19. The monoisotopic (exact) mass is 569 g/mol. The maximum atomic E-state index is 14.2. The standard InChI is InChI=1S/C30H36FN3O5S/c1-18-21(15-10-16-22(18)31)26(36)33-23(17-19-11-6-4-7-12-19)24(35)27(37)34-25(28(38)39)30(2,3)40-29(34)32-20-13-8-5-9-14-20/h4,6-8,10-13,15-16,20,23-25,29,32,35H,5,9,14,17H2,1-3H3,(H,33,36)(H,38,39)/t20-,23+,24+,25-,29?/m1/s1. The number of halogens is 1. The van der Waals surface area contributed by atoms with Gasteiger partial charge in [-0.15, -0.1) is 11.8 Å². The van der Waals surface area contributed by atoms with E-state index in [4.69, 9.17) is 0 Å². The van der Waals surface area contributed by atoms with Crippen molar-refractivity contribution in [2.24, 2.45) is 0 Å². The van der Waals surface area contributed by atoms with Gasteiger partial charge in [-0.05, 0) is 69.7 Å². The average Bonchev–Trinajstić information content (AvgIpc) is 3.19. The first-order valence-corrected chi connectivity index (χ1v) is 14.3. The number of carboxylic acids is 1. The zero-order valence-corrected chi connectivity index (χ0v) is 23.7. The minimum atomic E-state index is -1.76. The van der Waals surface area contributed by atoms with Gasteiger partial charge in [0.2, 0.25) is 0 Å². The molecular weight excluding hydrogens is 533 g/mol. The molecule has 5 atom stereocenters. The summed E-state index contributed by atoms with van der Waals surface area (Å²) in [6, 6.07) is 10.8. The van der Waals surface area contributed by atoms with E-state index in [1.165, 1.54) is 41.8 Å². The van der Waals surface area contributed by atoms with Crippen LogP contribution < -0.4 is 10.6 Å². The van der Waals surface area contributed by atoms with Crippen LogP contribution in [0.5, 0.6) is 0 Å². The number of benzene rings is 2. The molecule has 2 aromatic carbocycles. The number of nitrogens with one attached hydrogen (secondary N) is 2. The van der Waals surface area contributed by atoms with Crippen molar-refractivity contribution in [3.8, 4) is 0 Å². The van der Waals surface area contributed by atoms with Crippen LogP contribution in [-0.2, 0) is 16.0 Å². The maximum Gasteiger partial charge on any atom is 0.327 e. The average molecular weight is 570 g/mol. The molecule has 2 aromatic rings. The molecule has 1 unspecified atom stereocenters. The molecule has 0 radical (unpaired) electrons. The molecule has 1 fully saturated rings. The second-order valence-corrected chi connectivity index (χ2v) is 12.6. The number of thioether (sulfide) groups is 1. The van der Waals surface area contributed by atoms with E-state index in [9.17, 15) is 29.0 Å². The van der Waals surface area contributed by atoms with E-state index in [1.54, 1.807) is 38.1 Å². The summed E-state index contributed by atoms with van der Waals surface area (Å²) in [6.45, 7) is 5.00. The highest BCUT2D eigenvalue weighted by molar-refractivity contribution is 8.01. The van der Waals surface area contributed by atoms with Gasteiger partial charge in [-0.3, -0.25) is 14.9 Å². The minimum Gasteiger partial charge on any atom is -0.480 e. The van der Waals surface area contributed by atoms with Gasteiger partial charge in [0.05, 0.1) is 6.04 Å². The lowest BCUT2D eigenvalue weighted by Gasteiger charge is -2.35. The first kappa shape index (κ1) is 29.8. The number of hydrogen-bond acceptors (Lipinski definition) is 6. The predicted molar refractivity (Wildman–Crippen MR) is 152 cm³/mol. The number of aliphatic hydroxyl groups is 1. The summed E-state index contributed by atoms with van der Waals surface area (Å²) >= 11 is 1.32. The third kappa shape index (κ3) is 6.56. The number of allylic oxidation sites excluding steroid dienone is 1. The molecule has 1 heterocycles. The normalized spacial score (nSPS) is 23.4. The third-order valence-electron chi connectivity index (χ3n) is 7.47. The van der Waals surface area contributed by atoms with Gasteiger partial charge in [0, 0.05) is 16.4 Å². The topological polar surface area (TPSA) is 119 Å². The van der Waals surface area contributed by atoms with E-state index in [-0.39, 0.29) is 23.6 Å². The van der Waals surface area contributed by atoms with Crippen LogP contribution in [-0.4, -0.2) is 67.4 Å². The highest BCUT2D eigenvalue weighted by Crippen LogP contribution is 2.44. The fraction of sp³-hybridized carbons (Fsp3) is 0.433. The molecule has 0 saturated carbocycles. The van der Waals surface area contributed by atoms with Gasteiger partial charge in [0.1, 0.15) is 17.4 Å². The van der Waals surface area contributed by atoms with Crippen molar-refractivity contribution in [3.63, 3.8) is 0 Å². The summed E-state index contributed by atoms with van der Waals surface area (Å²) in [4.78, 5) is 40.9. The van der Waals surface area contributed by atoms with Crippen LogP contribution in [0.1, 0.15) is 54.6 Å². The molecule has 4 rings (SSSR count). The van der Waals surface area contributed by atoms with Crippen LogP contribution in [0, 0.1) is 12.7 Å². The largest absolute Gasteiger partial charge is 0.480 e. The zero-order chi connectivity index (χ0) is 29.0. The van der Waals surface area contributed by atoms with Crippen molar-refractivity contribution >= 4 is 29.5 Å². The summed E-state index contributed by atoms with van der Waals surface area (Å²) in [5.74, 6) is -3.17. The van der Waals surface area contributed by atoms with Crippen molar-refractivity contribution in [3.05, 3.63) is 83.2 Å². The van der Waals surface area contributed by atoms with Gasteiger partial charge in [-0.2, -0.15) is 0 Å². The Morgan fingerprint density at radius 2 is 1.88 bits per heavy atom. The van der Waals surface area contributed by atoms with Gasteiger partial charge in [0.25, 0.3) is 11.8 Å². The van der Waals surface area contributed by atoms with E-state index in [1.807, 2.05) is 12.1 Å². The first-order valence-electron chi connectivity index (χ1n) is 13.4. The van der Waals surface area contributed by atoms with Crippen molar-refractivity contribution in [2.45, 2.75) is 80.9 Å². The lowest BCUT2D eigenvalue weighted by molar-refractivity contribution is -0.156. The van der Waals surface area contributed by atoms with Crippen molar-refractivity contribution in [1.82, 2.24) is 15.5 Å². The quantitative estimate of drug-likeness (QED) is 0.341. The Labute approximate surface area is 238 Å². The summed E-state index contributed by atoms with van der Waals surface area (Å²) in [5.41, 5.74) is 0.281. The molecule has 10 heteroatoms. The molecule has 1 aliphatic carbocycles. The van der Waals surface area contributed by atoms with Crippen LogP contribution >= 0.6 is 11.8 Å². The highest BCUT2D eigenvalue weighted by Gasteiger charge is 2.55. The van der Waals surface area contributed by atoms with Crippen LogP contribution in [0.25, 0.3) is 0 Å². The minimum absolute atomic E-state index is 0.0437. The lowest BCUT2D eigenvalue weighted by atomic mass is 9.97. The smallest absolute Gasteiger partial charge is 0.327 e. The van der Waals surface area contributed by atoms with E-state index in [2.05, 4.69) is 16.7 Å². The molecule has 40 heavy (non-hydrogen) atoms. The number of aliphatic carboxylic acids is 1. The number of hydrogen-bond donors (Lipinski definition) is 4.